The van der Waals surface area contributed by atoms with E-state index in [-0.39, 0.29) is 11.7 Å². The van der Waals surface area contributed by atoms with Crippen molar-refractivity contribution < 1.29 is 13.5 Å². The summed E-state index contributed by atoms with van der Waals surface area (Å²) in [6, 6.07) is 3.24. The molecule has 0 saturated heterocycles. The highest BCUT2D eigenvalue weighted by Crippen LogP contribution is 2.41. The third kappa shape index (κ3) is 3.44. The molecular weight excluding hydrogens is 294 g/mol. The fraction of sp³-hybridized carbons (Fsp3) is 0.600. The van der Waals surface area contributed by atoms with Gasteiger partial charge in [0.2, 0.25) is 5.82 Å². The largest absolute Gasteiger partial charge is 0.494 e. The van der Waals surface area contributed by atoms with E-state index >= 15 is 0 Å². The number of benzene rings is 1. The Kier molecular flexibility index (Phi) is 5.03. The van der Waals surface area contributed by atoms with E-state index in [2.05, 4.69) is 6.92 Å². The molecule has 0 bridgehead atoms. The second-order valence-corrected chi connectivity index (χ2v) is 7.15. The van der Waals surface area contributed by atoms with Crippen LogP contribution < -0.4 is 4.74 Å². The van der Waals surface area contributed by atoms with E-state index in [1.54, 1.807) is 23.3 Å². The van der Waals surface area contributed by atoms with Crippen molar-refractivity contribution in [3.63, 3.8) is 0 Å². The standard InChI is InChI=1S/C20H26F2O/c1-13-3-5-14(6-4-13)15-7-9-16(10-8-15)17-11-12-18(23-2)20(22)19(17)21/h11-13,16H,3-10H2,1-2H3. The van der Waals surface area contributed by atoms with Crippen LogP contribution in [0.4, 0.5) is 8.78 Å². The van der Waals surface area contributed by atoms with Crippen molar-refractivity contribution in [2.45, 2.75) is 64.2 Å². The van der Waals surface area contributed by atoms with E-state index in [4.69, 9.17) is 4.74 Å². The summed E-state index contributed by atoms with van der Waals surface area (Å²) in [6.45, 7) is 2.33. The highest BCUT2D eigenvalue weighted by molar-refractivity contribution is 5.34. The maximum Gasteiger partial charge on any atom is 0.200 e. The number of rotatable bonds is 2. The molecule has 2 saturated carbocycles. The summed E-state index contributed by atoms with van der Waals surface area (Å²) in [5, 5.41) is 0. The second kappa shape index (κ2) is 7.02. The molecule has 1 aromatic carbocycles. The third-order valence-electron chi connectivity index (χ3n) is 5.70. The normalized spacial score (nSPS) is 25.6. The van der Waals surface area contributed by atoms with Crippen molar-refractivity contribution in [2.75, 3.05) is 7.11 Å². The zero-order chi connectivity index (χ0) is 16.4. The highest BCUT2D eigenvalue weighted by atomic mass is 19.2. The minimum Gasteiger partial charge on any atom is -0.494 e. The predicted molar refractivity (Wildman–Crippen MR) is 88.8 cm³/mol. The van der Waals surface area contributed by atoms with Gasteiger partial charge in [-0.2, -0.15) is 4.39 Å². The molecule has 0 spiro atoms. The average Bonchev–Trinajstić information content (AvgIpc) is 2.58. The molecule has 0 heterocycles. The fourth-order valence-electron chi connectivity index (χ4n) is 4.11. The SMILES string of the molecule is COc1ccc(C2CCC(=C3CCC(C)CC3)CC2)c(F)c1F. The van der Waals surface area contributed by atoms with E-state index in [1.807, 2.05) is 0 Å². The predicted octanol–water partition coefficient (Wildman–Crippen LogP) is 6.14. The van der Waals surface area contributed by atoms with Gasteiger partial charge in [0, 0.05) is 0 Å². The van der Waals surface area contributed by atoms with Crippen LogP contribution in [-0.2, 0) is 0 Å². The molecule has 1 nitrogen and oxygen atoms in total. The monoisotopic (exact) mass is 320 g/mol. The van der Waals surface area contributed by atoms with Crippen molar-refractivity contribution in [3.8, 4) is 5.75 Å². The summed E-state index contributed by atoms with van der Waals surface area (Å²) < 4.78 is 33.0. The molecule has 2 fully saturated rings. The molecule has 0 aliphatic heterocycles. The van der Waals surface area contributed by atoms with Crippen LogP contribution in [0.15, 0.2) is 23.3 Å². The Morgan fingerprint density at radius 3 is 2.00 bits per heavy atom. The minimum absolute atomic E-state index is 0.0128. The van der Waals surface area contributed by atoms with Gasteiger partial charge < -0.3 is 4.74 Å². The highest BCUT2D eigenvalue weighted by Gasteiger charge is 2.26. The van der Waals surface area contributed by atoms with Crippen molar-refractivity contribution in [3.05, 3.63) is 40.5 Å². The van der Waals surface area contributed by atoms with E-state index in [0.717, 1.165) is 31.6 Å². The zero-order valence-electron chi connectivity index (χ0n) is 14.1. The first-order valence-electron chi connectivity index (χ1n) is 8.81. The van der Waals surface area contributed by atoms with Crippen molar-refractivity contribution >= 4 is 0 Å². The molecule has 2 aliphatic rings. The maximum atomic E-state index is 14.3. The lowest BCUT2D eigenvalue weighted by Crippen LogP contribution is -2.13. The summed E-state index contributed by atoms with van der Waals surface area (Å²) in [7, 11) is 1.36. The van der Waals surface area contributed by atoms with E-state index in [0.29, 0.717) is 5.56 Å². The van der Waals surface area contributed by atoms with Gasteiger partial charge in [0.05, 0.1) is 7.11 Å². The summed E-state index contributed by atoms with van der Waals surface area (Å²) in [5.74, 6) is -0.608. The van der Waals surface area contributed by atoms with Crippen LogP contribution in [-0.4, -0.2) is 7.11 Å². The molecular formula is C20H26F2O. The molecule has 0 N–H and O–H groups in total. The van der Waals surface area contributed by atoms with Crippen LogP contribution in [0.5, 0.6) is 5.75 Å². The van der Waals surface area contributed by atoms with E-state index in [1.165, 1.54) is 32.8 Å². The van der Waals surface area contributed by atoms with Gasteiger partial charge in [-0.3, -0.25) is 0 Å². The first-order valence-corrected chi connectivity index (χ1v) is 8.81. The topological polar surface area (TPSA) is 9.23 Å². The Labute approximate surface area is 137 Å². The lowest BCUT2D eigenvalue weighted by Gasteiger charge is -2.29. The lowest BCUT2D eigenvalue weighted by molar-refractivity contribution is 0.366. The van der Waals surface area contributed by atoms with Crippen LogP contribution >= 0.6 is 0 Å². The van der Waals surface area contributed by atoms with Crippen molar-refractivity contribution in [1.29, 1.82) is 0 Å². The number of halogens is 2. The number of hydrogen-bond donors (Lipinski definition) is 0. The van der Waals surface area contributed by atoms with Gasteiger partial charge in [0.25, 0.3) is 0 Å². The Balaban J connectivity index is 1.70. The molecule has 0 radical (unpaired) electrons. The molecule has 0 aromatic heterocycles. The molecule has 0 atom stereocenters. The maximum absolute atomic E-state index is 14.3. The summed E-state index contributed by atoms with van der Waals surface area (Å²) in [6.07, 6.45) is 9.04. The summed E-state index contributed by atoms with van der Waals surface area (Å²) in [4.78, 5) is 0. The number of hydrogen-bond acceptors (Lipinski definition) is 1. The first kappa shape index (κ1) is 16.5. The first-order chi connectivity index (χ1) is 11.1. The van der Waals surface area contributed by atoms with Gasteiger partial charge in [0.15, 0.2) is 11.6 Å². The van der Waals surface area contributed by atoms with Crippen molar-refractivity contribution in [1.82, 2.24) is 0 Å². The van der Waals surface area contributed by atoms with Crippen LogP contribution in [0.25, 0.3) is 0 Å². The van der Waals surface area contributed by atoms with Crippen LogP contribution in [0.3, 0.4) is 0 Å². The molecule has 3 heteroatoms. The van der Waals surface area contributed by atoms with Crippen LogP contribution in [0, 0.1) is 17.6 Å². The van der Waals surface area contributed by atoms with E-state index < -0.39 is 11.6 Å². The Morgan fingerprint density at radius 2 is 1.43 bits per heavy atom. The van der Waals surface area contributed by atoms with Gasteiger partial charge in [0.1, 0.15) is 0 Å². The summed E-state index contributed by atoms with van der Waals surface area (Å²) in [5.41, 5.74) is 3.77. The lowest BCUT2D eigenvalue weighted by atomic mass is 9.76. The second-order valence-electron chi connectivity index (χ2n) is 7.15. The minimum atomic E-state index is -0.851. The number of ether oxygens (including phenoxy) is 1. The van der Waals surface area contributed by atoms with Crippen molar-refractivity contribution in [2.24, 2.45) is 5.92 Å². The smallest absolute Gasteiger partial charge is 0.200 e. The molecule has 0 amide bonds. The zero-order valence-corrected chi connectivity index (χ0v) is 14.1. The summed E-state index contributed by atoms with van der Waals surface area (Å²) >= 11 is 0. The third-order valence-corrected chi connectivity index (χ3v) is 5.70. The Bertz CT molecular complexity index is 586. The molecule has 23 heavy (non-hydrogen) atoms. The van der Waals surface area contributed by atoms with Crippen LogP contribution in [0.2, 0.25) is 0 Å². The van der Waals surface area contributed by atoms with Gasteiger partial charge in [-0.25, -0.2) is 4.39 Å². The molecule has 2 aliphatic carbocycles. The number of methoxy groups -OCH3 is 1. The van der Waals surface area contributed by atoms with Crippen LogP contribution in [0.1, 0.15) is 69.8 Å². The fourth-order valence-corrected chi connectivity index (χ4v) is 4.11. The molecule has 0 unspecified atom stereocenters. The van der Waals surface area contributed by atoms with Gasteiger partial charge in [-0.15, -0.1) is 0 Å². The average molecular weight is 320 g/mol. The molecule has 126 valence electrons. The number of allylic oxidation sites excluding steroid dienone is 2. The van der Waals surface area contributed by atoms with Gasteiger partial charge in [-0.05, 0) is 74.8 Å². The Morgan fingerprint density at radius 1 is 0.870 bits per heavy atom. The van der Waals surface area contributed by atoms with Gasteiger partial charge >= 0.3 is 0 Å². The van der Waals surface area contributed by atoms with E-state index in [9.17, 15) is 8.78 Å². The molecule has 3 rings (SSSR count). The quantitative estimate of drug-likeness (QED) is 0.595. The van der Waals surface area contributed by atoms with Gasteiger partial charge in [-0.1, -0.05) is 24.1 Å². The Hall–Kier alpha value is -1.38. The molecule has 1 aromatic rings.